The number of amides is 1. The third kappa shape index (κ3) is 5.12. The lowest BCUT2D eigenvalue weighted by Crippen LogP contribution is -2.44. The van der Waals surface area contributed by atoms with Crippen molar-refractivity contribution < 1.29 is 4.79 Å². The highest BCUT2D eigenvalue weighted by Gasteiger charge is 2.10. The number of rotatable bonds is 5. The fourth-order valence-electron chi connectivity index (χ4n) is 2.36. The molecule has 0 radical (unpaired) electrons. The van der Waals surface area contributed by atoms with Gasteiger partial charge in [-0.1, -0.05) is 18.2 Å². The van der Waals surface area contributed by atoms with Gasteiger partial charge in [0.05, 0.1) is 0 Å². The van der Waals surface area contributed by atoms with Gasteiger partial charge in [-0.2, -0.15) is 0 Å². The molecule has 2 N–H and O–H groups in total. The summed E-state index contributed by atoms with van der Waals surface area (Å²) in [5.74, 6) is 0.0402. The normalized spacial score (nSPS) is 15.4. The molecule has 1 aliphatic heterocycles. The molecule has 1 saturated heterocycles. The first-order valence-corrected chi connectivity index (χ1v) is 7.04. The molecule has 112 valence electrons. The fraction of sp³-hybridized carbons (Fsp3) is 0.533. The van der Waals surface area contributed by atoms with Crippen molar-refractivity contribution in [3.05, 3.63) is 35.4 Å². The zero-order chi connectivity index (χ0) is 13.5. The second-order valence-electron chi connectivity index (χ2n) is 5.02. The van der Waals surface area contributed by atoms with Crippen LogP contribution >= 0.6 is 12.4 Å². The summed E-state index contributed by atoms with van der Waals surface area (Å²) in [5, 5.41) is 6.34. The van der Waals surface area contributed by atoms with Gasteiger partial charge in [-0.15, -0.1) is 12.4 Å². The number of aryl methyl sites for hydroxylation is 1. The van der Waals surface area contributed by atoms with Gasteiger partial charge in [0, 0.05) is 38.3 Å². The number of hydrogen-bond acceptors (Lipinski definition) is 3. The maximum Gasteiger partial charge on any atom is 0.251 e. The Balaban J connectivity index is 0.00000200. The van der Waals surface area contributed by atoms with E-state index in [1.54, 1.807) is 0 Å². The molecule has 1 aromatic carbocycles. The third-order valence-electron chi connectivity index (χ3n) is 3.54. The third-order valence-corrected chi connectivity index (χ3v) is 3.54. The van der Waals surface area contributed by atoms with Gasteiger partial charge in [0.1, 0.15) is 0 Å². The van der Waals surface area contributed by atoms with Crippen LogP contribution in [0.4, 0.5) is 0 Å². The molecule has 4 nitrogen and oxygen atoms in total. The molecule has 1 aliphatic rings. The predicted molar refractivity (Wildman–Crippen MR) is 84.7 cm³/mol. The molecular formula is C15H24ClN3O. The minimum Gasteiger partial charge on any atom is -0.352 e. The van der Waals surface area contributed by atoms with Crippen molar-refractivity contribution in [1.29, 1.82) is 0 Å². The number of benzene rings is 1. The van der Waals surface area contributed by atoms with Crippen molar-refractivity contribution in [1.82, 2.24) is 15.5 Å². The summed E-state index contributed by atoms with van der Waals surface area (Å²) in [4.78, 5) is 14.4. The number of carbonyl (C=O) groups excluding carboxylic acids is 1. The quantitative estimate of drug-likeness (QED) is 0.809. The number of nitrogens with one attached hydrogen (secondary N) is 2. The highest BCUT2D eigenvalue weighted by molar-refractivity contribution is 5.95. The van der Waals surface area contributed by atoms with Crippen LogP contribution in [0.2, 0.25) is 0 Å². The molecule has 2 rings (SSSR count). The van der Waals surface area contributed by atoms with Crippen molar-refractivity contribution in [2.75, 3.05) is 39.3 Å². The summed E-state index contributed by atoms with van der Waals surface area (Å²) < 4.78 is 0. The average Bonchev–Trinajstić information content (AvgIpc) is 2.45. The monoisotopic (exact) mass is 297 g/mol. The summed E-state index contributed by atoms with van der Waals surface area (Å²) >= 11 is 0. The molecule has 1 aromatic rings. The molecule has 1 fully saturated rings. The largest absolute Gasteiger partial charge is 0.352 e. The van der Waals surface area contributed by atoms with Gasteiger partial charge in [-0.05, 0) is 31.5 Å². The van der Waals surface area contributed by atoms with E-state index in [0.717, 1.165) is 56.8 Å². The maximum atomic E-state index is 12.0. The van der Waals surface area contributed by atoms with E-state index in [-0.39, 0.29) is 18.3 Å². The van der Waals surface area contributed by atoms with E-state index in [1.807, 2.05) is 31.2 Å². The number of halogens is 1. The zero-order valence-electron chi connectivity index (χ0n) is 12.0. The van der Waals surface area contributed by atoms with Crippen LogP contribution in [-0.4, -0.2) is 50.1 Å². The first-order chi connectivity index (χ1) is 9.27. The van der Waals surface area contributed by atoms with Crippen LogP contribution in [0.5, 0.6) is 0 Å². The molecule has 0 unspecified atom stereocenters. The number of hydrogen-bond donors (Lipinski definition) is 2. The standard InChI is InChI=1S/C15H23N3O.ClH/c1-13-5-2-3-6-14(13)15(19)17-7-4-10-18-11-8-16-9-12-18;/h2-3,5-6,16H,4,7-12H2,1H3,(H,17,19);1H. The fourth-order valence-corrected chi connectivity index (χ4v) is 2.36. The van der Waals surface area contributed by atoms with Gasteiger partial charge in [0.25, 0.3) is 5.91 Å². The van der Waals surface area contributed by atoms with E-state index in [1.165, 1.54) is 0 Å². The molecule has 0 bridgehead atoms. The topological polar surface area (TPSA) is 44.4 Å². The Morgan fingerprint density at radius 2 is 2.00 bits per heavy atom. The maximum absolute atomic E-state index is 12.0. The molecule has 0 spiro atoms. The Labute approximate surface area is 127 Å². The van der Waals surface area contributed by atoms with E-state index in [4.69, 9.17) is 0 Å². The molecule has 0 saturated carbocycles. The number of piperazine rings is 1. The Bertz CT molecular complexity index is 419. The number of carbonyl (C=O) groups is 1. The Morgan fingerprint density at radius 1 is 1.30 bits per heavy atom. The van der Waals surface area contributed by atoms with Crippen LogP contribution in [0.1, 0.15) is 22.3 Å². The molecule has 20 heavy (non-hydrogen) atoms. The van der Waals surface area contributed by atoms with Crippen molar-refractivity contribution in [3.8, 4) is 0 Å². The van der Waals surface area contributed by atoms with E-state index in [0.29, 0.717) is 0 Å². The minimum atomic E-state index is 0. The summed E-state index contributed by atoms with van der Waals surface area (Å²) in [6, 6.07) is 7.70. The van der Waals surface area contributed by atoms with Crippen molar-refractivity contribution in [2.45, 2.75) is 13.3 Å². The van der Waals surface area contributed by atoms with Crippen LogP contribution in [0.25, 0.3) is 0 Å². The minimum absolute atomic E-state index is 0. The zero-order valence-corrected chi connectivity index (χ0v) is 12.8. The van der Waals surface area contributed by atoms with Crippen LogP contribution in [0.3, 0.4) is 0 Å². The van der Waals surface area contributed by atoms with E-state index in [9.17, 15) is 4.79 Å². The SMILES string of the molecule is Cc1ccccc1C(=O)NCCCN1CCNCC1.Cl. The van der Waals surface area contributed by atoms with Crippen LogP contribution in [0.15, 0.2) is 24.3 Å². The summed E-state index contributed by atoms with van der Waals surface area (Å²) in [6.45, 7) is 8.17. The highest BCUT2D eigenvalue weighted by atomic mass is 35.5. The van der Waals surface area contributed by atoms with Gasteiger partial charge in [0.2, 0.25) is 0 Å². The second-order valence-corrected chi connectivity index (χ2v) is 5.02. The highest BCUT2D eigenvalue weighted by Crippen LogP contribution is 2.06. The molecular weight excluding hydrogens is 274 g/mol. The van der Waals surface area contributed by atoms with E-state index in [2.05, 4.69) is 15.5 Å². The Morgan fingerprint density at radius 3 is 2.70 bits per heavy atom. The molecule has 1 amide bonds. The Kier molecular flexibility index (Phi) is 7.59. The van der Waals surface area contributed by atoms with Crippen molar-refractivity contribution in [3.63, 3.8) is 0 Å². The van der Waals surface area contributed by atoms with E-state index < -0.39 is 0 Å². The summed E-state index contributed by atoms with van der Waals surface area (Å²) in [6.07, 6.45) is 1.01. The Hall–Kier alpha value is -1.10. The van der Waals surface area contributed by atoms with Gasteiger partial charge >= 0.3 is 0 Å². The van der Waals surface area contributed by atoms with Crippen molar-refractivity contribution in [2.24, 2.45) is 0 Å². The summed E-state index contributed by atoms with van der Waals surface area (Å²) in [7, 11) is 0. The molecule has 0 aromatic heterocycles. The first-order valence-electron chi connectivity index (χ1n) is 7.04. The first kappa shape index (κ1) is 17.0. The lowest BCUT2D eigenvalue weighted by molar-refractivity contribution is 0.0950. The molecule has 1 heterocycles. The lowest BCUT2D eigenvalue weighted by atomic mass is 10.1. The van der Waals surface area contributed by atoms with Gasteiger partial charge in [-0.25, -0.2) is 0 Å². The van der Waals surface area contributed by atoms with Gasteiger partial charge < -0.3 is 15.5 Å². The average molecular weight is 298 g/mol. The smallest absolute Gasteiger partial charge is 0.251 e. The summed E-state index contributed by atoms with van der Waals surface area (Å²) in [5.41, 5.74) is 1.81. The van der Waals surface area contributed by atoms with Gasteiger partial charge in [-0.3, -0.25) is 4.79 Å². The molecule has 0 atom stereocenters. The van der Waals surface area contributed by atoms with Crippen LogP contribution in [0, 0.1) is 6.92 Å². The second kappa shape index (κ2) is 8.95. The van der Waals surface area contributed by atoms with Crippen LogP contribution < -0.4 is 10.6 Å². The number of nitrogens with zero attached hydrogens (tertiary/aromatic N) is 1. The van der Waals surface area contributed by atoms with Crippen LogP contribution in [-0.2, 0) is 0 Å². The van der Waals surface area contributed by atoms with E-state index >= 15 is 0 Å². The molecule has 0 aliphatic carbocycles. The lowest BCUT2D eigenvalue weighted by Gasteiger charge is -2.27. The molecule has 5 heteroatoms. The predicted octanol–water partition coefficient (Wildman–Crippen LogP) is 1.44. The van der Waals surface area contributed by atoms with Crippen molar-refractivity contribution >= 4 is 18.3 Å². The van der Waals surface area contributed by atoms with Gasteiger partial charge in [0.15, 0.2) is 0 Å².